The first-order valence-electron chi connectivity index (χ1n) is 10.4. The number of rotatable bonds is 4. The van der Waals surface area contributed by atoms with E-state index < -0.39 is 51.6 Å². The number of halogens is 6. The Kier molecular flexibility index (Phi) is 6.47. The van der Waals surface area contributed by atoms with Gasteiger partial charge < -0.3 is 9.64 Å². The van der Waals surface area contributed by atoms with Gasteiger partial charge >= 0.3 is 12.4 Å². The molecule has 0 saturated carbocycles. The molecule has 7 nitrogen and oxygen atoms in total. The Balaban J connectivity index is 0.00000361. The number of alkyl halides is 6. The average molecular weight is 525 g/mol. The molecule has 1 amide bonds. The normalized spacial score (nSPS) is 22.1. The van der Waals surface area contributed by atoms with Gasteiger partial charge in [0.05, 0.1) is 16.0 Å². The third-order valence-electron chi connectivity index (χ3n) is 5.85. The second kappa shape index (κ2) is 8.97. The second-order valence-electron chi connectivity index (χ2n) is 8.15. The van der Waals surface area contributed by atoms with E-state index in [1.165, 1.54) is 4.90 Å². The predicted octanol–water partition coefficient (Wildman–Crippen LogP) is 3.81. The van der Waals surface area contributed by atoms with Gasteiger partial charge in [0, 0.05) is 45.8 Å². The highest BCUT2D eigenvalue weighted by molar-refractivity contribution is 7.89. The number of fused-ring (bicyclic) bond motifs is 1. The summed E-state index contributed by atoms with van der Waals surface area (Å²) < 4.78 is 109. The lowest BCUT2D eigenvalue weighted by molar-refractivity contribution is -0.138. The molecular weight excluding hydrogens is 504 g/mol. The van der Waals surface area contributed by atoms with E-state index in [1.54, 1.807) is 0 Å². The molecule has 14 heteroatoms. The summed E-state index contributed by atoms with van der Waals surface area (Å²) in [6.45, 7) is 0.188. The molecule has 0 aliphatic carbocycles. The van der Waals surface area contributed by atoms with Crippen molar-refractivity contribution < 1.29 is 45.7 Å². The van der Waals surface area contributed by atoms with Crippen molar-refractivity contribution in [3.8, 4) is 5.88 Å². The van der Waals surface area contributed by atoms with Crippen LogP contribution in [0, 0.1) is 0 Å². The van der Waals surface area contributed by atoms with Gasteiger partial charge in [0.25, 0.3) is 5.91 Å². The highest BCUT2D eigenvalue weighted by Gasteiger charge is 2.45. The lowest BCUT2D eigenvalue weighted by atomic mass is 10.2. The minimum Gasteiger partial charge on any atom is -0.464 e. The zero-order valence-corrected chi connectivity index (χ0v) is 18.7. The molecule has 2 aliphatic rings. The van der Waals surface area contributed by atoms with Crippen LogP contribution in [0.3, 0.4) is 0 Å². The van der Waals surface area contributed by atoms with E-state index in [-0.39, 0.29) is 44.7 Å². The van der Waals surface area contributed by atoms with Gasteiger partial charge in [0.15, 0.2) is 6.10 Å². The molecule has 1 aromatic carbocycles. The molecule has 1 aromatic heterocycles. The van der Waals surface area contributed by atoms with Crippen LogP contribution in [-0.4, -0.2) is 60.3 Å². The fraction of sp³-hybridized carbons (Fsp3) is 0.429. The Morgan fingerprint density at radius 2 is 1.57 bits per heavy atom. The third kappa shape index (κ3) is 5.22. The highest BCUT2D eigenvalue weighted by atomic mass is 32.2. The maximum absolute atomic E-state index is 13.1. The van der Waals surface area contributed by atoms with Crippen molar-refractivity contribution in [2.75, 3.05) is 19.6 Å². The number of amides is 1. The Morgan fingerprint density at radius 3 is 2.14 bits per heavy atom. The van der Waals surface area contributed by atoms with E-state index in [4.69, 9.17) is 4.74 Å². The number of benzene rings is 1. The van der Waals surface area contributed by atoms with E-state index >= 15 is 0 Å². The summed E-state index contributed by atoms with van der Waals surface area (Å²) in [5.74, 6) is -0.617. The zero-order chi connectivity index (χ0) is 25.6. The Bertz CT molecular complexity index is 1190. The maximum Gasteiger partial charge on any atom is 0.417 e. The van der Waals surface area contributed by atoms with Crippen molar-refractivity contribution in [2.24, 2.45) is 0 Å². The molecule has 0 N–H and O–H groups in total. The minimum atomic E-state index is -4.60. The number of hydrogen-bond acceptors (Lipinski definition) is 5. The zero-order valence-electron chi connectivity index (χ0n) is 17.9. The Hall–Kier alpha value is -2.87. The van der Waals surface area contributed by atoms with Gasteiger partial charge in [-0.3, -0.25) is 4.79 Å². The monoisotopic (exact) mass is 525 g/mol. The summed E-state index contributed by atoms with van der Waals surface area (Å²) in [7, 11) is -4.13. The summed E-state index contributed by atoms with van der Waals surface area (Å²) >= 11 is 0. The number of carbonyl (C=O) groups is 1. The average Bonchev–Trinajstić information content (AvgIpc) is 2.94. The predicted molar refractivity (Wildman–Crippen MR) is 111 cm³/mol. The number of nitrogens with zero attached hydrogens (tertiary/aromatic N) is 3. The van der Waals surface area contributed by atoms with Crippen LogP contribution >= 0.6 is 0 Å². The number of aromatic nitrogens is 1. The van der Waals surface area contributed by atoms with Gasteiger partial charge in [-0.2, -0.15) is 30.6 Å². The quantitative estimate of drug-likeness (QED) is 0.568. The SMILES string of the molecule is O=C1[C@@H](Oc2ccc(C(F)(F)F)cn2)CC2CN(S(=O)(=O)c3ccc(C(F)(F)F)cc3)CCCN12.[HH]. The fourth-order valence-electron chi connectivity index (χ4n) is 4.09. The summed E-state index contributed by atoms with van der Waals surface area (Å²) in [6, 6.07) is 4.37. The molecule has 1 unspecified atom stereocenters. The van der Waals surface area contributed by atoms with E-state index in [9.17, 15) is 39.6 Å². The van der Waals surface area contributed by atoms with Gasteiger partial charge in [-0.25, -0.2) is 13.4 Å². The van der Waals surface area contributed by atoms with Crippen LogP contribution in [0.2, 0.25) is 0 Å². The topological polar surface area (TPSA) is 79.8 Å². The molecule has 2 aliphatic heterocycles. The van der Waals surface area contributed by atoms with Crippen molar-refractivity contribution in [1.82, 2.24) is 14.2 Å². The number of pyridine rings is 1. The highest BCUT2D eigenvalue weighted by Crippen LogP contribution is 2.33. The van der Waals surface area contributed by atoms with Crippen molar-refractivity contribution in [3.05, 3.63) is 53.7 Å². The van der Waals surface area contributed by atoms with E-state index in [1.807, 2.05) is 0 Å². The van der Waals surface area contributed by atoms with Crippen molar-refractivity contribution in [2.45, 2.75) is 42.2 Å². The molecule has 2 fully saturated rings. The van der Waals surface area contributed by atoms with Crippen LogP contribution in [0.15, 0.2) is 47.5 Å². The first-order valence-corrected chi connectivity index (χ1v) is 11.9. The fourth-order valence-corrected chi connectivity index (χ4v) is 5.61. The Labute approximate surface area is 197 Å². The second-order valence-corrected chi connectivity index (χ2v) is 10.1. The van der Waals surface area contributed by atoms with E-state index in [0.717, 1.165) is 28.6 Å². The van der Waals surface area contributed by atoms with Gasteiger partial charge in [-0.05, 0) is 36.8 Å². The van der Waals surface area contributed by atoms with Crippen LogP contribution in [-0.2, 0) is 27.2 Å². The molecule has 2 aromatic rings. The number of sulfonamides is 1. The third-order valence-corrected chi connectivity index (χ3v) is 7.73. The Morgan fingerprint density at radius 1 is 0.943 bits per heavy atom. The molecule has 0 bridgehead atoms. The lowest BCUT2D eigenvalue weighted by Gasteiger charge is -2.25. The molecular formula is C21H21F6N3O4S. The maximum atomic E-state index is 13.1. The standard InChI is InChI=1S/C21H19F6N3O4S.H2/c22-20(23,24)13-2-5-16(6-3-13)35(32,33)29-8-1-9-30-15(12-29)10-17(19(30)31)34-18-7-4-14(11-28-18)21(25,26)27;/h2-7,11,15,17H,1,8-10,12H2;1H/t15?,17-;/m0./s1. The van der Waals surface area contributed by atoms with Crippen molar-refractivity contribution in [1.29, 1.82) is 0 Å². The van der Waals surface area contributed by atoms with Gasteiger partial charge in [0.2, 0.25) is 15.9 Å². The number of hydrogen-bond donors (Lipinski definition) is 0. The first kappa shape index (κ1) is 25.2. The van der Waals surface area contributed by atoms with Crippen LogP contribution < -0.4 is 4.74 Å². The first-order chi connectivity index (χ1) is 16.3. The van der Waals surface area contributed by atoms with Gasteiger partial charge in [0.1, 0.15) is 0 Å². The van der Waals surface area contributed by atoms with E-state index in [0.29, 0.717) is 18.3 Å². The van der Waals surface area contributed by atoms with Crippen LogP contribution in [0.4, 0.5) is 26.3 Å². The molecule has 192 valence electrons. The molecule has 0 radical (unpaired) electrons. The van der Waals surface area contributed by atoms with Gasteiger partial charge in [-0.15, -0.1) is 0 Å². The molecule has 35 heavy (non-hydrogen) atoms. The summed E-state index contributed by atoms with van der Waals surface area (Å²) in [4.78, 5) is 17.6. The van der Waals surface area contributed by atoms with Crippen LogP contribution in [0.25, 0.3) is 0 Å². The lowest BCUT2D eigenvalue weighted by Crippen LogP contribution is -2.40. The summed E-state index contributed by atoms with van der Waals surface area (Å²) in [5, 5.41) is 0. The molecule has 4 rings (SSSR count). The summed E-state index contributed by atoms with van der Waals surface area (Å²) in [6.07, 6.45) is -9.29. The largest absolute Gasteiger partial charge is 0.464 e. The smallest absolute Gasteiger partial charge is 0.417 e. The van der Waals surface area contributed by atoms with Crippen molar-refractivity contribution >= 4 is 15.9 Å². The number of ether oxygens (including phenoxy) is 1. The molecule has 0 spiro atoms. The summed E-state index contributed by atoms with van der Waals surface area (Å²) in [5.41, 5.74) is -1.95. The molecule has 3 heterocycles. The van der Waals surface area contributed by atoms with Crippen molar-refractivity contribution in [3.63, 3.8) is 0 Å². The minimum absolute atomic E-state index is 0. The molecule has 2 saturated heterocycles. The number of carbonyl (C=O) groups excluding carboxylic acids is 1. The van der Waals surface area contributed by atoms with Crippen LogP contribution in [0.5, 0.6) is 5.88 Å². The molecule has 2 atom stereocenters. The van der Waals surface area contributed by atoms with E-state index in [2.05, 4.69) is 4.98 Å². The van der Waals surface area contributed by atoms with Crippen LogP contribution in [0.1, 0.15) is 25.4 Å². The van der Waals surface area contributed by atoms with Gasteiger partial charge in [-0.1, -0.05) is 0 Å².